The fraction of sp³-hybridized carbons (Fsp3) is 0.826. The summed E-state index contributed by atoms with van der Waals surface area (Å²) in [7, 11) is 0. The molecule has 0 amide bonds. The zero-order valence-electron chi connectivity index (χ0n) is 16.2. The topological polar surface area (TPSA) is 0 Å². The second-order valence-corrected chi connectivity index (χ2v) is 9.60. The largest absolute Gasteiger partial charge is 0.0991 e. The average Bonchev–Trinajstić information content (AvgIpc) is 2.77. The smallest absolute Gasteiger partial charge is 0.00798 e. The van der Waals surface area contributed by atoms with Crippen molar-refractivity contribution in [1.82, 2.24) is 0 Å². The summed E-state index contributed by atoms with van der Waals surface area (Å²) in [6.45, 7) is 16.7. The van der Waals surface area contributed by atoms with Crippen LogP contribution in [0.2, 0.25) is 0 Å². The Morgan fingerprint density at radius 3 is 2.57 bits per heavy atom. The van der Waals surface area contributed by atoms with Crippen LogP contribution in [0, 0.1) is 40.4 Å². The van der Waals surface area contributed by atoms with Gasteiger partial charge in [0.1, 0.15) is 0 Å². The summed E-state index contributed by atoms with van der Waals surface area (Å²) in [5.41, 5.74) is 2.74. The molecule has 3 fully saturated rings. The van der Waals surface area contributed by atoms with E-state index in [-0.39, 0.29) is 0 Å². The summed E-state index contributed by atoms with van der Waals surface area (Å²) < 4.78 is 0. The molecule has 23 heavy (non-hydrogen) atoms. The lowest BCUT2D eigenvalue weighted by Crippen LogP contribution is -2.52. The Bertz CT molecular complexity index is 486. The van der Waals surface area contributed by atoms with E-state index in [0.29, 0.717) is 10.8 Å². The maximum Gasteiger partial charge on any atom is -0.00798 e. The molecule has 0 aromatic rings. The van der Waals surface area contributed by atoms with E-state index in [2.05, 4.69) is 47.3 Å². The first-order chi connectivity index (χ1) is 10.9. The second-order valence-electron chi connectivity index (χ2n) is 9.60. The van der Waals surface area contributed by atoms with Crippen molar-refractivity contribution in [1.29, 1.82) is 0 Å². The van der Waals surface area contributed by atoms with Gasteiger partial charge in [-0.15, -0.1) is 0 Å². The van der Waals surface area contributed by atoms with Crippen molar-refractivity contribution in [2.24, 2.45) is 40.4 Å². The molecule has 0 aromatic carbocycles. The van der Waals surface area contributed by atoms with E-state index in [0.717, 1.165) is 29.6 Å². The van der Waals surface area contributed by atoms with Gasteiger partial charge in [-0.1, -0.05) is 65.3 Å². The summed E-state index contributed by atoms with van der Waals surface area (Å²) in [5.74, 6) is 4.64. The number of hydrogen-bond donors (Lipinski definition) is 0. The fourth-order valence-electron chi connectivity index (χ4n) is 7.57. The molecular formula is C23H38. The van der Waals surface area contributed by atoms with Crippen molar-refractivity contribution in [3.05, 3.63) is 24.3 Å². The summed E-state index contributed by atoms with van der Waals surface area (Å²) in [6.07, 6.45) is 14.2. The van der Waals surface area contributed by atoms with Crippen molar-refractivity contribution in [2.75, 3.05) is 0 Å². The predicted octanol–water partition coefficient (Wildman–Crippen LogP) is 7.02. The van der Waals surface area contributed by atoms with Gasteiger partial charge in [-0.2, -0.15) is 0 Å². The van der Waals surface area contributed by atoms with Gasteiger partial charge in [0.25, 0.3) is 0 Å². The molecule has 3 saturated carbocycles. The van der Waals surface area contributed by atoms with Crippen LogP contribution in [-0.4, -0.2) is 0 Å². The standard InChI is InChI=1S/C23H38/c1-7-9-18-11-12-19-20-13-10-17(4)23(20,6)15-16(3)21(19)22(18,5)14-8-2/h7,9,16-17,19-21H,1,8,10-15H2,2-6H3/b18-9-. The van der Waals surface area contributed by atoms with E-state index in [4.69, 9.17) is 0 Å². The maximum atomic E-state index is 4.00. The van der Waals surface area contributed by atoms with Crippen molar-refractivity contribution >= 4 is 0 Å². The minimum Gasteiger partial charge on any atom is -0.0991 e. The van der Waals surface area contributed by atoms with Crippen LogP contribution in [0.5, 0.6) is 0 Å². The van der Waals surface area contributed by atoms with E-state index >= 15 is 0 Å². The monoisotopic (exact) mass is 314 g/mol. The Balaban J connectivity index is 2.00. The molecule has 130 valence electrons. The molecular weight excluding hydrogens is 276 g/mol. The van der Waals surface area contributed by atoms with E-state index in [9.17, 15) is 0 Å². The summed E-state index contributed by atoms with van der Waals surface area (Å²) in [6, 6.07) is 0. The lowest BCUT2D eigenvalue weighted by Gasteiger charge is -2.60. The van der Waals surface area contributed by atoms with E-state index in [1.54, 1.807) is 5.57 Å². The number of fused-ring (bicyclic) bond motifs is 3. The number of hydrogen-bond acceptors (Lipinski definition) is 0. The zero-order valence-corrected chi connectivity index (χ0v) is 16.2. The number of rotatable bonds is 3. The van der Waals surface area contributed by atoms with Crippen LogP contribution in [-0.2, 0) is 0 Å². The normalized spacial score (nSPS) is 51.3. The highest BCUT2D eigenvalue weighted by atomic mass is 14.6. The van der Waals surface area contributed by atoms with Crippen LogP contribution < -0.4 is 0 Å². The lowest BCUT2D eigenvalue weighted by atomic mass is 9.45. The van der Waals surface area contributed by atoms with Crippen LogP contribution >= 0.6 is 0 Å². The van der Waals surface area contributed by atoms with Crippen molar-refractivity contribution in [3.8, 4) is 0 Å². The van der Waals surface area contributed by atoms with Crippen LogP contribution in [0.15, 0.2) is 24.3 Å². The van der Waals surface area contributed by atoms with Crippen LogP contribution in [0.3, 0.4) is 0 Å². The molecule has 0 spiro atoms. The molecule has 0 heterocycles. The Kier molecular flexibility index (Phi) is 4.58. The quantitative estimate of drug-likeness (QED) is 0.525. The van der Waals surface area contributed by atoms with Gasteiger partial charge in [-0.05, 0) is 78.9 Å². The maximum absolute atomic E-state index is 4.00. The molecule has 0 saturated heterocycles. The predicted molar refractivity (Wildman–Crippen MR) is 101 cm³/mol. The fourth-order valence-corrected chi connectivity index (χ4v) is 7.57. The van der Waals surface area contributed by atoms with Gasteiger partial charge < -0.3 is 0 Å². The Morgan fingerprint density at radius 1 is 1.17 bits per heavy atom. The number of allylic oxidation sites excluding steroid dienone is 3. The third kappa shape index (κ3) is 2.47. The second kappa shape index (κ2) is 6.08. The first kappa shape index (κ1) is 17.3. The molecule has 3 aliphatic carbocycles. The molecule has 0 bridgehead atoms. The Morgan fingerprint density at radius 2 is 1.91 bits per heavy atom. The molecule has 7 atom stereocenters. The SMILES string of the molecule is C=C/C=C1/CCC2C(C(C)CC3(C)C(C)CCC23)C1(C)CCC. The van der Waals surface area contributed by atoms with Gasteiger partial charge in [0, 0.05) is 0 Å². The lowest BCUT2D eigenvalue weighted by molar-refractivity contribution is -0.0814. The van der Waals surface area contributed by atoms with Crippen molar-refractivity contribution < 1.29 is 0 Å². The van der Waals surface area contributed by atoms with E-state index < -0.39 is 0 Å². The highest BCUT2D eigenvalue weighted by molar-refractivity contribution is 5.25. The molecule has 3 aliphatic rings. The zero-order chi connectivity index (χ0) is 16.8. The molecule has 0 aliphatic heterocycles. The minimum atomic E-state index is 0.415. The van der Waals surface area contributed by atoms with Crippen LogP contribution in [0.1, 0.15) is 79.6 Å². The average molecular weight is 315 g/mol. The van der Waals surface area contributed by atoms with Gasteiger partial charge >= 0.3 is 0 Å². The summed E-state index contributed by atoms with van der Waals surface area (Å²) in [4.78, 5) is 0. The molecule has 3 rings (SSSR count). The molecule has 0 N–H and O–H groups in total. The van der Waals surface area contributed by atoms with Gasteiger partial charge in [0.15, 0.2) is 0 Å². The van der Waals surface area contributed by atoms with Crippen LogP contribution in [0.4, 0.5) is 0 Å². The van der Waals surface area contributed by atoms with E-state index in [1.807, 2.05) is 6.08 Å². The first-order valence-corrected chi connectivity index (χ1v) is 10.2. The van der Waals surface area contributed by atoms with Gasteiger partial charge in [-0.25, -0.2) is 0 Å². The Labute approximate surface area is 144 Å². The molecule has 0 heteroatoms. The molecule has 0 radical (unpaired) electrons. The first-order valence-electron chi connectivity index (χ1n) is 10.2. The summed E-state index contributed by atoms with van der Waals surface area (Å²) >= 11 is 0. The third-order valence-corrected chi connectivity index (χ3v) is 8.54. The third-order valence-electron chi connectivity index (χ3n) is 8.54. The highest BCUT2D eigenvalue weighted by Crippen LogP contribution is 2.67. The van der Waals surface area contributed by atoms with Crippen LogP contribution in [0.25, 0.3) is 0 Å². The van der Waals surface area contributed by atoms with Crippen molar-refractivity contribution in [3.63, 3.8) is 0 Å². The molecule has 0 nitrogen and oxygen atoms in total. The van der Waals surface area contributed by atoms with Gasteiger partial charge in [0.2, 0.25) is 0 Å². The Hall–Kier alpha value is -0.520. The summed E-state index contributed by atoms with van der Waals surface area (Å²) in [5, 5.41) is 0. The molecule has 7 unspecified atom stereocenters. The molecule has 0 aromatic heterocycles. The highest BCUT2D eigenvalue weighted by Gasteiger charge is 2.59. The van der Waals surface area contributed by atoms with Gasteiger partial charge in [0.05, 0.1) is 0 Å². The van der Waals surface area contributed by atoms with E-state index in [1.165, 1.54) is 44.9 Å². The van der Waals surface area contributed by atoms with Gasteiger partial charge in [-0.3, -0.25) is 0 Å². The minimum absolute atomic E-state index is 0.415. The van der Waals surface area contributed by atoms with Crippen molar-refractivity contribution in [2.45, 2.75) is 79.6 Å².